The third kappa shape index (κ3) is 2.94. The van der Waals surface area contributed by atoms with E-state index < -0.39 is 0 Å². The lowest BCUT2D eigenvalue weighted by Crippen LogP contribution is -2.12. The number of methoxy groups -OCH3 is 1. The first-order valence-corrected chi connectivity index (χ1v) is 7.97. The third-order valence-electron chi connectivity index (χ3n) is 3.13. The largest absolute Gasteiger partial charge is 0.497 e. The molecule has 0 aliphatic rings. The summed E-state index contributed by atoms with van der Waals surface area (Å²) in [6, 6.07) is 13.2. The quantitative estimate of drug-likeness (QED) is 0.718. The van der Waals surface area contributed by atoms with Crippen LogP contribution in [0.25, 0.3) is 10.1 Å². The zero-order valence-electron chi connectivity index (χ0n) is 11.2. The van der Waals surface area contributed by atoms with Gasteiger partial charge in [0.1, 0.15) is 5.75 Å². The van der Waals surface area contributed by atoms with Crippen LogP contribution in [0.3, 0.4) is 0 Å². The van der Waals surface area contributed by atoms with Gasteiger partial charge in [0.05, 0.1) is 12.7 Å². The number of rotatable bonds is 3. The van der Waals surface area contributed by atoms with Gasteiger partial charge in [-0.1, -0.05) is 0 Å². The van der Waals surface area contributed by atoms with E-state index in [0.29, 0.717) is 11.3 Å². The average Bonchev–Trinajstić information content (AvgIpc) is 2.95. The molecule has 0 aliphatic carbocycles. The van der Waals surface area contributed by atoms with Crippen molar-refractivity contribution in [2.75, 3.05) is 12.4 Å². The predicted molar refractivity (Wildman–Crippen MR) is 90.5 cm³/mol. The summed E-state index contributed by atoms with van der Waals surface area (Å²) < 4.78 is 7.10. The van der Waals surface area contributed by atoms with Crippen LogP contribution in [0.1, 0.15) is 10.4 Å². The Balaban J connectivity index is 1.88. The molecule has 21 heavy (non-hydrogen) atoms. The molecule has 0 radical (unpaired) electrons. The van der Waals surface area contributed by atoms with Gasteiger partial charge in [-0.15, -0.1) is 11.3 Å². The summed E-state index contributed by atoms with van der Waals surface area (Å²) >= 11 is 5.07. The summed E-state index contributed by atoms with van der Waals surface area (Å²) in [6.45, 7) is 0. The lowest BCUT2D eigenvalue weighted by atomic mass is 10.2. The summed E-state index contributed by atoms with van der Waals surface area (Å²) in [5.41, 5.74) is 1.32. The predicted octanol–water partition coefficient (Wildman–Crippen LogP) is 4.92. The fraction of sp³-hybridized carbons (Fsp3) is 0.0625. The second kappa shape index (κ2) is 5.87. The molecule has 0 aliphatic heterocycles. The molecule has 0 saturated carbocycles. The van der Waals surface area contributed by atoms with Gasteiger partial charge in [-0.3, -0.25) is 4.79 Å². The van der Waals surface area contributed by atoms with Crippen LogP contribution >= 0.6 is 27.3 Å². The second-order valence-corrected chi connectivity index (χ2v) is 6.28. The number of anilines is 1. The van der Waals surface area contributed by atoms with Crippen LogP contribution in [0.4, 0.5) is 5.69 Å². The normalized spacial score (nSPS) is 10.6. The van der Waals surface area contributed by atoms with E-state index in [4.69, 9.17) is 4.74 Å². The van der Waals surface area contributed by atoms with E-state index in [1.165, 1.54) is 4.70 Å². The molecule has 0 fully saturated rings. The van der Waals surface area contributed by atoms with Crippen molar-refractivity contribution in [2.45, 2.75) is 0 Å². The highest BCUT2D eigenvalue weighted by molar-refractivity contribution is 9.10. The molecule has 106 valence electrons. The maximum Gasteiger partial charge on any atom is 0.256 e. The first kappa shape index (κ1) is 14.1. The Morgan fingerprint density at radius 2 is 2.05 bits per heavy atom. The van der Waals surface area contributed by atoms with Crippen molar-refractivity contribution >= 4 is 48.9 Å². The highest BCUT2D eigenvalue weighted by atomic mass is 79.9. The van der Waals surface area contributed by atoms with Crippen LogP contribution in [0.15, 0.2) is 52.3 Å². The minimum atomic E-state index is -0.171. The van der Waals surface area contributed by atoms with Gasteiger partial charge in [0.2, 0.25) is 0 Å². The van der Waals surface area contributed by atoms with Crippen LogP contribution < -0.4 is 10.1 Å². The van der Waals surface area contributed by atoms with Crippen molar-refractivity contribution in [1.29, 1.82) is 0 Å². The zero-order valence-corrected chi connectivity index (χ0v) is 13.6. The molecule has 0 unspecified atom stereocenters. The van der Waals surface area contributed by atoms with Crippen molar-refractivity contribution in [2.24, 2.45) is 0 Å². The number of benzene rings is 2. The van der Waals surface area contributed by atoms with Gasteiger partial charge in [0.15, 0.2) is 0 Å². The fourth-order valence-electron chi connectivity index (χ4n) is 2.05. The van der Waals surface area contributed by atoms with Crippen LogP contribution in [0.5, 0.6) is 5.75 Å². The topological polar surface area (TPSA) is 38.3 Å². The molecule has 0 atom stereocenters. The minimum Gasteiger partial charge on any atom is -0.497 e. The Bertz CT molecular complexity index is 813. The third-order valence-corrected chi connectivity index (χ3v) is 4.72. The molecular weight excluding hydrogens is 350 g/mol. The van der Waals surface area contributed by atoms with Crippen LogP contribution in [0, 0.1) is 0 Å². The average molecular weight is 362 g/mol. The summed E-state index contributed by atoms with van der Waals surface area (Å²) in [4.78, 5) is 12.4. The van der Waals surface area contributed by atoms with Crippen molar-refractivity contribution in [3.63, 3.8) is 0 Å². The Kier molecular flexibility index (Phi) is 3.94. The molecule has 2 aromatic carbocycles. The maximum atomic E-state index is 12.4. The van der Waals surface area contributed by atoms with Crippen molar-refractivity contribution < 1.29 is 9.53 Å². The second-order valence-electron chi connectivity index (χ2n) is 4.47. The monoisotopic (exact) mass is 361 g/mol. The summed E-state index contributed by atoms with van der Waals surface area (Å²) in [6.07, 6.45) is 0. The molecular formula is C16H12BrNO2S. The maximum absolute atomic E-state index is 12.4. The van der Waals surface area contributed by atoms with Gasteiger partial charge in [-0.05, 0) is 69.2 Å². The van der Waals surface area contributed by atoms with E-state index in [9.17, 15) is 4.79 Å². The Morgan fingerprint density at radius 1 is 1.19 bits per heavy atom. The van der Waals surface area contributed by atoms with E-state index in [1.54, 1.807) is 36.6 Å². The molecule has 5 heteroatoms. The zero-order chi connectivity index (χ0) is 14.8. The number of carbonyl (C=O) groups excluding carboxylic acids is 1. The highest BCUT2D eigenvalue weighted by Crippen LogP contribution is 2.26. The summed E-state index contributed by atoms with van der Waals surface area (Å²) in [7, 11) is 1.58. The number of thiophene rings is 1. The Hall–Kier alpha value is -1.85. The number of fused-ring (bicyclic) bond motifs is 1. The Morgan fingerprint density at radius 3 is 2.86 bits per heavy atom. The first-order chi connectivity index (χ1) is 10.2. The van der Waals surface area contributed by atoms with Crippen LogP contribution in [-0.2, 0) is 0 Å². The van der Waals surface area contributed by atoms with E-state index in [1.807, 2.05) is 29.6 Å². The number of amides is 1. The van der Waals surface area contributed by atoms with E-state index in [2.05, 4.69) is 21.2 Å². The number of hydrogen-bond donors (Lipinski definition) is 1. The van der Waals surface area contributed by atoms with Crippen molar-refractivity contribution in [3.05, 3.63) is 57.9 Å². The number of carbonyl (C=O) groups is 1. The van der Waals surface area contributed by atoms with Crippen molar-refractivity contribution in [1.82, 2.24) is 0 Å². The van der Waals surface area contributed by atoms with Gasteiger partial charge >= 0.3 is 0 Å². The van der Waals surface area contributed by atoms with Crippen molar-refractivity contribution in [3.8, 4) is 5.75 Å². The lowest BCUT2D eigenvalue weighted by molar-refractivity contribution is 0.102. The molecule has 0 saturated heterocycles. The lowest BCUT2D eigenvalue weighted by Gasteiger charge is -2.09. The number of nitrogens with one attached hydrogen (secondary N) is 1. The fourth-order valence-corrected chi connectivity index (χ4v) is 3.25. The molecule has 1 aromatic heterocycles. The van der Waals surface area contributed by atoms with Gasteiger partial charge in [-0.2, -0.15) is 0 Å². The first-order valence-electron chi connectivity index (χ1n) is 6.29. The van der Waals surface area contributed by atoms with Crippen LogP contribution in [0.2, 0.25) is 0 Å². The van der Waals surface area contributed by atoms with Crippen LogP contribution in [-0.4, -0.2) is 13.0 Å². The SMILES string of the molecule is COc1ccc(Br)c(C(=O)Nc2ccc3sccc3c2)c1. The number of halogens is 1. The van der Waals surface area contributed by atoms with E-state index >= 15 is 0 Å². The summed E-state index contributed by atoms with van der Waals surface area (Å²) in [5.74, 6) is 0.479. The molecule has 1 N–H and O–H groups in total. The van der Waals surface area contributed by atoms with E-state index in [-0.39, 0.29) is 5.91 Å². The number of hydrogen-bond acceptors (Lipinski definition) is 3. The summed E-state index contributed by atoms with van der Waals surface area (Å²) in [5, 5.41) is 6.08. The molecule has 0 bridgehead atoms. The molecule has 1 amide bonds. The van der Waals surface area contributed by atoms with Gasteiger partial charge in [-0.25, -0.2) is 0 Å². The standard InChI is InChI=1S/C16H12BrNO2S/c1-20-12-3-4-14(17)13(9-12)16(19)18-11-2-5-15-10(8-11)6-7-21-15/h2-9H,1H3,(H,18,19). The molecule has 3 rings (SSSR count). The van der Waals surface area contributed by atoms with E-state index in [0.717, 1.165) is 15.5 Å². The highest BCUT2D eigenvalue weighted by Gasteiger charge is 2.12. The molecule has 3 aromatic rings. The molecule has 0 spiro atoms. The number of ether oxygens (including phenoxy) is 1. The van der Waals surface area contributed by atoms with Gasteiger partial charge < -0.3 is 10.1 Å². The van der Waals surface area contributed by atoms with Gasteiger partial charge in [0, 0.05) is 14.9 Å². The van der Waals surface area contributed by atoms with Gasteiger partial charge in [0.25, 0.3) is 5.91 Å². The molecule has 1 heterocycles. The molecule has 3 nitrogen and oxygen atoms in total. The smallest absolute Gasteiger partial charge is 0.256 e. The Labute approximate surface area is 134 Å². The minimum absolute atomic E-state index is 0.171.